The molecule has 1 aromatic heterocycles. The highest BCUT2D eigenvalue weighted by atomic mass is 35.5. The van der Waals surface area contributed by atoms with E-state index < -0.39 is 29.4 Å². The summed E-state index contributed by atoms with van der Waals surface area (Å²) in [6.45, 7) is 4.00. The lowest BCUT2D eigenvalue weighted by Gasteiger charge is -2.17. The number of aromatic nitrogens is 2. The summed E-state index contributed by atoms with van der Waals surface area (Å²) < 4.78 is 47.5. The van der Waals surface area contributed by atoms with Crippen LogP contribution in [0.2, 0.25) is 5.02 Å². The molecule has 9 heteroatoms. The smallest absolute Gasteiger partial charge is 0.434 e. The fourth-order valence-corrected chi connectivity index (χ4v) is 3.09. The Balaban J connectivity index is 1.90. The molecule has 0 saturated carbocycles. The zero-order chi connectivity index (χ0) is 21.9. The maximum atomic E-state index is 13.8. The lowest BCUT2D eigenvalue weighted by Crippen LogP contribution is -2.29. The summed E-state index contributed by atoms with van der Waals surface area (Å²) in [6, 6.07) is 12.2. The predicted molar refractivity (Wildman–Crippen MR) is 107 cm³/mol. The van der Waals surface area contributed by atoms with Crippen molar-refractivity contribution in [1.29, 1.82) is 0 Å². The highest BCUT2D eigenvalue weighted by molar-refractivity contribution is 6.30. The van der Waals surface area contributed by atoms with E-state index >= 15 is 0 Å². The molecule has 0 spiro atoms. The molecule has 1 unspecified atom stereocenters. The first kappa shape index (κ1) is 21.7. The van der Waals surface area contributed by atoms with Gasteiger partial charge in [0.15, 0.2) is 5.69 Å². The van der Waals surface area contributed by atoms with Gasteiger partial charge in [-0.3, -0.25) is 4.79 Å². The number of halogens is 4. The molecular formula is C21H19ClF3N3O2. The molecule has 0 bridgehead atoms. The van der Waals surface area contributed by atoms with Crippen LogP contribution in [-0.2, 0) is 6.18 Å². The van der Waals surface area contributed by atoms with Gasteiger partial charge in [0.05, 0.1) is 30.1 Å². The Bertz CT molecular complexity index is 1030. The highest BCUT2D eigenvalue weighted by Crippen LogP contribution is 2.34. The van der Waals surface area contributed by atoms with Gasteiger partial charge in [-0.25, -0.2) is 4.68 Å². The molecule has 0 fully saturated rings. The van der Waals surface area contributed by atoms with Crippen LogP contribution >= 0.6 is 11.6 Å². The minimum Gasteiger partial charge on any atom is -0.494 e. The number of hydrogen-bond acceptors (Lipinski definition) is 3. The van der Waals surface area contributed by atoms with Gasteiger partial charge >= 0.3 is 6.18 Å². The lowest BCUT2D eigenvalue weighted by atomic mass is 10.1. The number of alkyl halides is 3. The summed E-state index contributed by atoms with van der Waals surface area (Å²) in [5, 5.41) is 6.77. The first-order chi connectivity index (χ1) is 14.2. The van der Waals surface area contributed by atoms with Crippen LogP contribution in [0.25, 0.3) is 5.69 Å². The monoisotopic (exact) mass is 437 g/mol. The van der Waals surface area contributed by atoms with Crippen LogP contribution in [0.5, 0.6) is 5.75 Å². The quantitative estimate of drug-likeness (QED) is 0.559. The normalized spacial score (nSPS) is 12.5. The molecule has 5 nitrogen and oxygen atoms in total. The third-order valence-electron chi connectivity index (χ3n) is 4.37. The number of nitrogens with zero attached hydrogens (tertiary/aromatic N) is 2. The van der Waals surface area contributed by atoms with E-state index in [2.05, 4.69) is 10.4 Å². The average Bonchev–Trinajstić information content (AvgIpc) is 3.15. The zero-order valence-corrected chi connectivity index (χ0v) is 17.0. The summed E-state index contributed by atoms with van der Waals surface area (Å²) >= 11 is 5.81. The molecule has 0 aliphatic heterocycles. The molecule has 30 heavy (non-hydrogen) atoms. The number of amides is 1. The molecular weight excluding hydrogens is 419 g/mol. The fraction of sp³-hybridized carbons (Fsp3) is 0.238. The molecule has 0 aliphatic rings. The summed E-state index contributed by atoms with van der Waals surface area (Å²) in [5.74, 6) is -0.264. The average molecular weight is 438 g/mol. The van der Waals surface area contributed by atoms with E-state index in [1.54, 1.807) is 31.2 Å². The lowest BCUT2D eigenvalue weighted by molar-refractivity contribution is -0.143. The maximum Gasteiger partial charge on any atom is 0.434 e. The molecule has 1 N–H and O–H groups in total. The number of nitrogens with one attached hydrogen (secondary N) is 1. The topological polar surface area (TPSA) is 56.1 Å². The summed E-state index contributed by atoms with van der Waals surface area (Å²) in [4.78, 5) is 12.7. The fourth-order valence-electron chi connectivity index (χ4n) is 2.96. The molecule has 1 atom stereocenters. The van der Waals surface area contributed by atoms with Crippen LogP contribution in [0.3, 0.4) is 0 Å². The van der Waals surface area contributed by atoms with Gasteiger partial charge in [-0.1, -0.05) is 23.7 Å². The second-order valence-corrected chi connectivity index (χ2v) is 6.93. The van der Waals surface area contributed by atoms with E-state index in [9.17, 15) is 18.0 Å². The van der Waals surface area contributed by atoms with Crippen LogP contribution in [-0.4, -0.2) is 22.3 Å². The van der Waals surface area contributed by atoms with E-state index in [0.29, 0.717) is 27.6 Å². The van der Waals surface area contributed by atoms with Gasteiger partial charge in [-0.05, 0) is 55.8 Å². The summed E-state index contributed by atoms with van der Waals surface area (Å²) in [6.07, 6.45) is -3.88. The van der Waals surface area contributed by atoms with Crippen molar-refractivity contribution in [1.82, 2.24) is 15.1 Å². The Hall–Kier alpha value is -3.00. The van der Waals surface area contributed by atoms with Crippen molar-refractivity contribution in [2.45, 2.75) is 26.1 Å². The number of ether oxygens (including phenoxy) is 1. The molecule has 0 saturated heterocycles. The van der Waals surface area contributed by atoms with Gasteiger partial charge in [0.25, 0.3) is 5.91 Å². The second kappa shape index (κ2) is 8.79. The summed E-state index contributed by atoms with van der Waals surface area (Å²) in [7, 11) is 0. The van der Waals surface area contributed by atoms with Gasteiger partial charge in [-0.2, -0.15) is 18.3 Å². The van der Waals surface area contributed by atoms with Gasteiger partial charge < -0.3 is 10.1 Å². The zero-order valence-electron chi connectivity index (χ0n) is 16.2. The Kier molecular flexibility index (Phi) is 6.36. The van der Waals surface area contributed by atoms with Gasteiger partial charge in [-0.15, -0.1) is 0 Å². The van der Waals surface area contributed by atoms with Gasteiger partial charge in [0.2, 0.25) is 0 Å². The van der Waals surface area contributed by atoms with Crippen molar-refractivity contribution in [2.75, 3.05) is 6.61 Å². The largest absolute Gasteiger partial charge is 0.494 e. The minimum atomic E-state index is -4.79. The number of hydrogen-bond donors (Lipinski definition) is 1. The maximum absolute atomic E-state index is 13.8. The number of rotatable bonds is 6. The van der Waals surface area contributed by atoms with Crippen molar-refractivity contribution < 1.29 is 22.7 Å². The van der Waals surface area contributed by atoms with Crippen LogP contribution in [0.4, 0.5) is 13.2 Å². The van der Waals surface area contributed by atoms with E-state index in [4.69, 9.17) is 16.3 Å². The van der Waals surface area contributed by atoms with Crippen molar-refractivity contribution in [2.24, 2.45) is 0 Å². The van der Waals surface area contributed by atoms with E-state index in [1.807, 2.05) is 6.92 Å². The standard InChI is InChI=1S/C21H19ClF3N3O2/c1-3-30-17-6-4-5-14(11-17)13(2)27-20(29)18-12-26-28(19(18)21(23,24)25)16-9-7-15(22)8-10-16/h4-13H,3H2,1-2H3,(H,27,29). The SMILES string of the molecule is CCOc1cccc(C(C)NC(=O)c2cnn(-c3ccc(Cl)cc3)c2C(F)(F)F)c1. The first-order valence-corrected chi connectivity index (χ1v) is 9.53. The molecule has 1 amide bonds. The van der Waals surface area contributed by atoms with Crippen LogP contribution in [0.1, 0.15) is 41.5 Å². The second-order valence-electron chi connectivity index (χ2n) is 6.49. The Labute approximate surface area is 176 Å². The minimum absolute atomic E-state index is 0.142. The molecule has 158 valence electrons. The van der Waals surface area contributed by atoms with Gasteiger partial charge in [0.1, 0.15) is 5.75 Å². The number of benzene rings is 2. The molecule has 0 aliphatic carbocycles. The third kappa shape index (κ3) is 4.76. The molecule has 1 heterocycles. The van der Waals surface area contributed by atoms with E-state index in [-0.39, 0.29) is 5.69 Å². The van der Waals surface area contributed by atoms with Crippen LogP contribution in [0, 0.1) is 0 Å². The summed E-state index contributed by atoms with van der Waals surface area (Å²) in [5.41, 5.74) is -0.876. The van der Waals surface area contributed by atoms with Crippen molar-refractivity contribution >= 4 is 17.5 Å². The molecule has 0 radical (unpaired) electrons. The molecule has 2 aromatic carbocycles. The van der Waals surface area contributed by atoms with Crippen LogP contribution in [0.15, 0.2) is 54.7 Å². The third-order valence-corrected chi connectivity index (χ3v) is 4.62. The highest BCUT2D eigenvalue weighted by Gasteiger charge is 2.40. The van der Waals surface area contributed by atoms with E-state index in [0.717, 1.165) is 6.20 Å². The van der Waals surface area contributed by atoms with Crippen molar-refractivity contribution in [3.63, 3.8) is 0 Å². The Morgan fingerprint density at radius 1 is 1.23 bits per heavy atom. The van der Waals surface area contributed by atoms with E-state index in [1.165, 1.54) is 24.3 Å². The predicted octanol–water partition coefficient (Wildman–Crippen LogP) is 5.43. The number of carbonyl (C=O) groups excluding carboxylic acids is 1. The molecule has 3 aromatic rings. The van der Waals surface area contributed by atoms with Crippen molar-refractivity contribution in [3.8, 4) is 11.4 Å². The number of carbonyl (C=O) groups is 1. The molecule has 3 rings (SSSR count). The Morgan fingerprint density at radius 3 is 2.57 bits per heavy atom. The van der Waals surface area contributed by atoms with Crippen molar-refractivity contribution in [3.05, 3.63) is 76.6 Å². The Morgan fingerprint density at radius 2 is 1.93 bits per heavy atom. The van der Waals surface area contributed by atoms with Crippen LogP contribution < -0.4 is 10.1 Å². The first-order valence-electron chi connectivity index (χ1n) is 9.15. The van der Waals surface area contributed by atoms with Gasteiger partial charge in [0, 0.05) is 5.02 Å².